The first-order chi connectivity index (χ1) is 4.13. The van der Waals surface area contributed by atoms with E-state index in [1.165, 1.54) is 9.75 Å². The van der Waals surface area contributed by atoms with Crippen molar-refractivity contribution >= 4 is 36.6 Å². The Hall–Kier alpha value is 0.140. The van der Waals surface area contributed by atoms with Crippen LogP contribution in [-0.4, -0.2) is 0 Å². The minimum Gasteiger partial charge on any atom is -0.780 e. The molecule has 1 aromatic rings. The van der Waals surface area contributed by atoms with Crippen LogP contribution in [0.3, 0.4) is 0 Å². The Morgan fingerprint density at radius 2 is 1.33 bits per heavy atom. The van der Waals surface area contributed by atoms with Gasteiger partial charge >= 0.3 is 0 Å². The quantitative estimate of drug-likeness (QED) is 0.553. The predicted octanol–water partition coefficient (Wildman–Crippen LogP) is 2.18. The molecule has 0 radical (unpaired) electrons. The summed E-state index contributed by atoms with van der Waals surface area (Å²) in [5, 5.41) is 0. The van der Waals surface area contributed by atoms with Gasteiger partial charge in [0.1, 0.15) is 0 Å². The Kier molecular flexibility index (Phi) is 1.94. The molecule has 0 bridgehead atoms. The summed E-state index contributed by atoms with van der Waals surface area (Å²) in [6.07, 6.45) is 0. The van der Waals surface area contributed by atoms with Crippen LogP contribution < -0.4 is 0 Å². The molecular weight excluding hydrogens is 168 g/mol. The topological polar surface area (TPSA) is 0 Å². The zero-order chi connectivity index (χ0) is 7.02. The van der Waals surface area contributed by atoms with Crippen molar-refractivity contribution in [2.75, 3.05) is 0 Å². The molecule has 0 amide bonds. The lowest BCUT2D eigenvalue weighted by atomic mass is 10.4. The second-order valence-electron chi connectivity index (χ2n) is 1.87. The highest BCUT2D eigenvalue weighted by Crippen LogP contribution is 2.25. The van der Waals surface area contributed by atoms with Gasteiger partial charge in [0.2, 0.25) is 0 Å². The second kappa shape index (κ2) is 2.40. The number of hydrogen-bond donors (Lipinski definition) is 0. The van der Waals surface area contributed by atoms with E-state index in [0.717, 1.165) is 9.79 Å². The maximum Gasteiger partial charge on any atom is -0.0189 e. The van der Waals surface area contributed by atoms with E-state index in [4.69, 9.17) is 25.3 Å². The SMILES string of the molecule is Cc1sc(C)c([S-])c1[S-]. The summed E-state index contributed by atoms with van der Waals surface area (Å²) in [4.78, 5) is 4.08. The molecule has 0 aromatic carbocycles. The van der Waals surface area contributed by atoms with Crippen molar-refractivity contribution in [1.29, 1.82) is 0 Å². The first kappa shape index (κ1) is 7.25. The molecule has 0 N–H and O–H groups in total. The van der Waals surface area contributed by atoms with Gasteiger partial charge in [-0.05, 0) is 23.6 Å². The number of aryl methyl sites for hydroxylation is 2. The normalized spacial score (nSPS) is 10.0. The zero-order valence-corrected chi connectivity index (χ0v) is 7.67. The van der Waals surface area contributed by atoms with Crippen LogP contribution in [0.15, 0.2) is 9.79 Å². The molecule has 0 aliphatic carbocycles. The highest BCUT2D eigenvalue weighted by atomic mass is 32.1. The van der Waals surface area contributed by atoms with E-state index in [1.54, 1.807) is 11.3 Å². The summed E-state index contributed by atoms with van der Waals surface area (Å²) in [7, 11) is 0. The lowest BCUT2D eigenvalue weighted by Gasteiger charge is -2.14. The van der Waals surface area contributed by atoms with Crippen molar-refractivity contribution in [2.45, 2.75) is 23.6 Å². The average Bonchev–Trinajstić information content (AvgIpc) is 1.98. The molecule has 0 aliphatic heterocycles. The lowest BCUT2D eigenvalue weighted by molar-refractivity contribution is 1.24. The zero-order valence-electron chi connectivity index (χ0n) is 5.22. The van der Waals surface area contributed by atoms with Crippen LogP contribution in [0.5, 0.6) is 0 Å². The van der Waals surface area contributed by atoms with Crippen molar-refractivity contribution in [3.63, 3.8) is 0 Å². The third kappa shape index (κ3) is 1.18. The standard InChI is InChI=1S/C6H8S3/c1-3-5(7)6(8)4(2)9-3/h7-8H,1-2H3/p-2. The Labute approximate surface area is 70.1 Å². The van der Waals surface area contributed by atoms with Gasteiger partial charge in [-0.25, -0.2) is 0 Å². The third-order valence-corrected chi connectivity index (χ3v) is 3.58. The monoisotopic (exact) mass is 174 g/mol. The van der Waals surface area contributed by atoms with Gasteiger partial charge in [-0.3, -0.25) is 0 Å². The van der Waals surface area contributed by atoms with E-state index in [2.05, 4.69) is 0 Å². The molecule has 3 heteroatoms. The van der Waals surface area contributed by atoms with Crippen LogP contribution in [-0.2, 0) is 25.3 Å². The largest absolute Gasteiger partial charge is 0.780 e. The van der Waals surface area contributed by atoms with Gasteiger partial charge in [0.15, 0.2) is 0 Å². The predicted molar refractivity (Wildman–Crippen MR) is 45.1 cm³/mol. The van der Waals surface area contributed by atoms with Crippen molar-refractivity contribution in [1.82, 2.24) is 0 Å². The molecule has 1 heterocycles. The highest BCUT2D eigenvalue weighted by molar-refractivity contribution is 7.63. The van der Waals surface area contributed by atoms with Gasteiger partial charge in [0.25, 0.3) is 0 Å². The fraction of sp³-hybridized carbons (Fsp3) is 0.333. The minimum atomic E-state index is 0.868. The first-order valence-electron chi connectivity index (χ1n) is 2.57. The molecule has 0 nitrogen and oxygen atoms in total. The maximum atomic E-state index is 5.02. The van der Waals surface area contributed by atoms with E-state index in [9.17, 15) is 0 Å². The van der Waals surface area contributed by atoms with Crippen molar-refractivity contribution < 1.29 is 0 Å². The van der Waals surface area contributed by atoms with Gasteiger partial charge < -0.3 is 25.3 Å². The first-order valence-corrected chi connectivity index (χ1v) is 4.20. The fourth-order valence-electron chi connectivity index (χ4n) is 0.642. The Balaban J connectivity index is 3.29. The summed E-state index contributed by atoms with van der Waals surface area (Å²) >= 11 is 11.7. The number of thiophene rings is 1. The maximum absolute atomic E-state index is 5.02. The van der Waals surface area contributed by atoms with Gasteiger partial charge in [-0.2, -0.15) is 9.79 Å². The smallest absolute Gasteiger partial charge is 0.0189 e. The van der Waals surface area contributed by atoms with Crippen LogP contribution in [0.4, 0.5) is 0 Å². The molecule has 1 rings (SSSR count). The Bertz CT molecular complexity index is 202. The second-order valence-corrected chi connectivity index (χ2v) is 4.12. The molecule has 0 saturated carbocycles. The molecule has 0 fully saturated rings. The summed E-state index contributed by atoms with van der Waals surface area (Å²) in [6, 6.07) is 0. The van der Waals surface area contributed by atoms with Crippen molar-refractivity contribution in [2.24, 2.45) is 0 Å². The minimum absolute atomic E-state index is 0.868. The van der Waals surface area contributed by atoms with Crippen LogP contribution in [0.1, 0.15) is 9.75 Å². The van der Waals surface area contributed by atoms with Crippen LogP contribution in [0.25, 0.3) is 0 Å². The molecule has 0 unspecified atom stereocenters. The van der Waals surface area contributed by atoms with Gasteiger partial charge in [0.05, 0.1) is 0 Å². The van der Waals surface area contributed by atoms with Crippen LogP contribution in [0, 0.1) is 13.8 Å². The third-order valence-electron chi connectivity index (χ3n) is 1.15. The molecule has 0 atom stereocenters. The van der Waals surface area contributed by atoms with E-state index in [0.29, 0.717) is 0 Å². The summed E-state index contributed by atoms with van der Waals surface area (Å²) < 4.78 is 0. The molecule has 0 aliphatic rings. The Morgan fingerprint density at radius 1 is 1.00 bits per heavy atom. The summed E-state index contributed by atoms with van der Waals surface area (Å²) in [5.41, 5.74) is 0. The number of hydrogen-bond acceptors (Lipinski definition) is 3. The van der Waals surface area contributed by atoms with E-state index in [1.807, 2.05) is 13.8 Å². The lowest BCUT2D eigenvalue weighted by Crippen LogP contribution is -1.72. The van der Waals surface area contributed by atoms with Gasteiger partial charge in [-0.1, -0.05) is 0 Å². The molecule has 1 aromatic heterocycles. The molecular formula is C6H6S3-2. The van der Waals surface area contributed by atoms with Crippen molar-refractivity contribution in [3.8, 4) is 0 Å². The van der Waals surface area contributed by atoms with E-state index in [-0.39, 0.29) is 0 Å². The van der Waals surface area contributed by atoms with Gasteiger partial charge in [0, 0.05) is 0 Å². The average molecular weight is 174 g/mol. The van der Waals surface area contributed by atoms with Crippen LogP contribution >= 0.6 is 11.3 Å². The fourth-order valence-corrected chi connectivity index (χ4v) is 2.18. The van der Waals surface area contributed by atoms with Crippen LogP contribution in [0.2, 0.25) is 0 Å². The summed E-state index contributed by atoms with van der Waals surface area (Å²) in [6.45, 7) is 4.02. The Morgan fingerprint density at radius 3 is 1.44 bits per heavy atom. The van der Waals surface area contributed by atoms with E-state index < -0.39 is 0 Å². The molecule has 50 valence electrons. The van der Waals surface area contributed by atoms with Crippen molar-refractivity contribution in [3.05, 3.63) is 9.75 Å². The van der Waals surface area contributed by atoms with E-state index >= 15 is 0 Å². The van der Waals surface area contributed by atoms with Gasteiger partial charge in [-0.15, -0.1) is 11.3 Å². The highest BCUT2D eigenvalue weighted by Gasteiger charge is 1.90. The molecule has 0 spiro atoms. The summed E-state index contributed by atoms with van der Waals surface area (Å²) in [5.74, 6) is 0. The molecule has 0 saturated heterocycles. The number of rotatable bonds is 0. The molecule has 9 heavy (non-hydrogen) atoms.